The molecule has 1 aromatic rings. The molecule has 0 saturated carbocycles. The van der Waals surface area contributed by atoms with Gasteiger partial charge in [0, 0.05) is 37.4 Å². The van der Waals surface area contributed by atoms with E-state index in [0.29, 0.717) is 37.1 Å². The first-order valence-corrected chi connectivity index (χ1v) is 14.4. The number of carboxylic acid groups (broad SMARTS) is 3. The van der Waals surface area contributed by atoms with Crippen LogP contribution < -0.4 is 16.0 Å². The lowest BCUT2D eigenvalue weighted by Crippen LogP contribution is -2.26. The molecule has 0 aliphatic carbocycles. The van der Waals surface area contributed by atoms with Crippen molar-refractivity contribution in [3.8, 4) is 0 Å². The highest BCUT2D eigenvalue weighted by Crippen LogP contribution is 2.19. The van der Waals surface area contributed by atoms with Gasteiger partial charge < -0.3 is 31.3 Å². The maximum atomic E-state index is 10.8. The number of nitrogens with one attached hydrogen (secondary N) is 3. The first-order valence-electron chi connectivity index (χ1n) is 14.4. The average molecular weight is 553 g/mol. The van der Waals surface area contributed by atoms with Crippen molar-refractivity contribution in [1.29, 1.82) is 0 Å². The highest BCUT2D eigenvalue weighted by atomic mass is 16.4. The number of nitrogens with zero attached hydrogens (tertiary/aromatic N) is 3. The van der Waals surface area contributed by atoms with Gasteiger partial charge in [-0.2, -0.15) is 15.0 Å². The first kappa shape index (κ1) is 33.8. The van der Waals surface area contributed by atoms with Gasteiger partial charge in [-0.25, -0.2) is 0 Å². The number of aromatic nitrogens is 3. The van der Waals surface area contributed by atoms with Crippen LogP contribution in [0.2, 0.25) is 0 Å². The molecule has 12 nitrogen and oxygen atoms in total. The Labute approximate surface area is 231 Å². The van der Waals surface area contributed by atoms with Crippen LogP contribution in [0.3, 0.4) is 0 Å². The summed E-state index contributed by atoms with van der Waals surface area (Å²) < 4.78 is 0. The van der Waals surface area contributed by atoms with Gasteiger partial charge in [-0.15, -0.1) is 0 Å². The third kappa shape index (κ3) is 16.4. The molecule has 0 spiro atoms. The molecule has 0 bridgehead atoms. The van der Waals surface area contributed by atoms with E-state index in [2.05, 4.69) is 51.7 Å². The molecule has 0 amide bonds. The van der Waals surface area contributed by atoms with Crippen molar-refractivity contribution >= 4 is 35.8 Å². The summed E-state index contributed by atoms with van der Waals surface area (Å²) in [6.07, 6.45) is 9.51. The first-order chi connectivity index (χ1) is 18.7. The molecular weight excluding hydrogens is 504 g/mol. The van der Waals surface area contributed by atoms with Gasteiger partial charge in [0.05, 0.1) is 0 Å². The van der Waals surface area contributed by atoms with Gasteiger partial charge in [-0.05, 0) is 57.8 Å². The summed E-state index contributed by atoms with van der Waals surface area (Å²) in [7, 11) is 0. The molecule has 1 rings (SSSR count). The minimum absolute atomic E-state index is 0.0814. The normalized spacial score (nSPS) is 13.3. The number of unbranched alkanes of at least 4 members (excludes halogenated alkanes) is 3. The molecule has 3 atom stereocenters. The Kier molecular flexibility index (Phi) is 17.2. The monoisotopic (exact) mass is 552 g/mol. The quantitative estimate of drug-likeness (QED) is 0.0900. The number of rotatable bonds is 24. The summed E-state index contributed by atoms with van der Waals surface area (Å²) in [5.74, 6) is -1.07. The van der Waals surface area contributed by atoms with Crippen LogP contribution >= 0.6 is 0 Å². The number of hydrogen-bond donors (Lipinski definition) is 6. The van der Waals surface area contributed by atoms with Crippen molar-refractivity contribution in [2.24, 2.45) is 0 Å². The average Bonchev–Trinajstić information content (AvgIpc) is 2.88. The van der Waals surface area contributed by atoms with Gasteiger partial charge in [-0.1, -0.05) is 40.0 Å². The van der Waals surface area contributed by atoms with E-state index in [1.54, 1.807) is 0 Å². The molecule has 39 heavy (non-hydrogen) atoms. The predicted octanol–water partition coefficient (Wildman–Crippen LogP) is 5.38. The van der Waals surface area contributed by atoms with Gasteiger partial charge in [0.25, 0.3) is 0 Å². The fraction of sp³-hybridized carbons (Fsp3) is 0.778. The Morgan fingerprint density at radius 1 is 0.538 bits per heavy atom. The Hall–Kier alpha value is -3.18. The van der Waals surface area contributed by atoms with Gasteiger partial charge in [0.15, 0.2) is 0 Å². The molecular formula is C27H48N6O6. The molecule has 222 valence electrons. The second-order valence-corrected chi connectivity index (χ2v) is 9.97. The van der Waals surface area contributed by atoms with E-state index in [-0.39, 0.29) is 37.4 Å². The van der Waals surface area contributed by atoms with Crippen molar-refractivity contribution in [3.05, 3.63) is 0 Å². The van der Waals surface area contributed by atoms with Crippen LogP contribution in [0.4, 0.5) is 17.8 Å². The fourth-order valence-electron chi connectivity index (χ4n) is 4.25. The summed E-state index contributed by atoms with van der Waals surface area (Å²) in [4.78, 5) is 46.3. The second-order valence-electron chi connectivity index (χ2n) is 9.97. The fourth-order valence-corrected chi connectivity index (χ4v) is 4.25. The van der Waals surface area contributed by atoms with Crippen LogP contribution in [0.15, 0.2) is 0 Å². The highest BCUT2D eigenvalue weighted by molar-refractivity contribution is 5.67. The molecule has 0 fully saturated rings. The summed E-state index contributed by atoms with van der Waals surface area (Å²) in [6, 6.07) is 0.244. The molecule has 6 N–H and O–H groups in total. The van der Waals surface area contributed by atoms with Gasteiger partial charge >= 0.3 is 17.9 Å². The zero-order chi connectivity index (χ0) is 29.0. The molecule has 0 aromatic carbocycles. The molecule has 1 aromatic heterocycles. The predicted molar refractivity (Wildman–Crippen MR) is 151 cm³/mol. The lowest BCUT2D eigenvalue weighted by Gasteiger charge is -2.22. The smallest absolute Gasteiger partial charge is 0.303 e. The van der Waals surface area contributed by atoms with E-state index in [0.717, 1.165) is 57.8 Å². The van der Waals surface area contributed by atoms with Crippen LogP contribution in [-0.2, 0) is 14.4 Å². The Morgan fingerprint density at radius 3 is 1.00 bits per heavy atom. The molecule has 1 heterocycles. The molecule has 3 unspecified atom stereocenters. The lowest BCUT2D eigenvalue weighted by atomic mass is 10.1. The van der Waals surface area contributed by atoms with Crippen LogP contribution in [0.25, 0.3) is 0 Å². The van der Waals surface area contributed by atoms with E-state index in [1.165, 1.54) is 0 Å². The molecule has 0 saturated heterocycles. The minimum Gasteiger partial charge on any atom is -0.481 e. The Balaban J connectivity index is 2.98. The third-order valence-electron chi connectivity index (χ3n) is 6.69. The van der Waals surface area contributed by atoms with Crippen molar-refractivity contribution in [3.63, 3.8) is 0 Å². The minimum atomic E-state index is -0.790. The van der Waals surface area contributed by atoms with E-state index >= 15 is 0 Å². The number of carboxylic acids is 3. The van der Waals surface area contributed by atoms with Crippen molar-refractivity contribution < 1.29 is 29.7 Å². The van der Waals surface area contributed by atoms with E-state index < -0.39 is 17.9 Å². The number of anilines is 3. The van der Waals surface area contributed by atoms with Crippen LogP contribution in [0.5, 0.6) is 0 Å². The largest absolute Gasteiger partial charge is 0.481 e. The van der Waals surface area contributed by atoms with Crippen LogP contribution in [0.1, 0.15) is 117 Å². The highest BCUT2D eigenvalue weighted by Gasteiger charge is 2.16. The van der Waals surface area contributed by atoms with Crippen molar-refractivity contribution in [1.82, 2.24) is 15.0 Å². The SMILES string of the molecule is CCC(CCCCC(=O)O)Nc1nc(NC(CC)CCCCC(=O)O)nc(NC(CC)CCCCC(=O)O)n1. The van der Waals surface area contributed by atoms with E-state index in [4.69, 9.17) is 15.3 Å². The maximum Gasteiger partial charge on any atom is 0.303 e. The topological polar surface area (TPSA) is 187 Å². The third-order valence-corrected chi connectivity index (χ3v) is 6.69. The van der Waals surface area contributed by atoms with E-state index in [1.807, 2.05) is 0 Å². The standard InChI is InChI=1S/C27H48N6O6/c1-4-19(13-7-10-16-22(34)35)28-25-31-26(29-20(5-2)14-8-11-17-23(36)37)33-27(32-25)30-21(6-3)15-9-12-18-24(38)39/h19-21H,4-18H2,1-3H3,(H,34,35)(H,36,37)(H,38,39)(H3,28,29,30,31,32,33). The second kappa shape index (κ2) is 19.8. The molecule has 0 aliphatic rings. The summed E-state index contributed by atoms with van der Waals surface area (Å²) in [5.41, 5.74) is 0. The summed E-state index contributed by atoms with van der Waals surface area (Å²) in [6.45, 7) is 6.18. The van der Waals surface area contributed by atoms with Gasteiger partial charge in [0.2, 0.25) is 17.8 Å². The Bertz CT molecular complexity index is 749. The molecule has 0 radical (unpaired) electrons. The van der Waals surface area contributed by atoms with Gasteiger partial charge in [0.1, 0.15) is 0 Å². The maximum absolute atomic E-state index is 10.8. The van der Waals surface area contributed by atoms with Crippen molar-refractivity contribution in [2.45, 2.75) is 135 Å². The lowest BCUT2D eigenvalue weighted by molar-refractivity contribution is -0.138. The van der Waals surface area contributed by atoms with E-state index in [9.17, 15) is 14.4 Å². The molecule has 0 aliphatic heterocycles. The van der Waals surface area contributed by atoms with Gasteiger partial charge in [-0.3, -0.25) is 14.4 Å². The zero-order valence-corrected chi connectivity index (χ0v) is 23.7. The summed E-state index contributed by atoms with van der Waals surface area (Å²) >= 11 is 0. The zero-order valence-electron chi connectivity index (χ0n) is 23.7. The van der Waals surface area contributed by atoms with Crippen LogP contribution in [-0.4, -0.2) is 66.3 Å². The molecule has 12 heteroatoms. The number of aliphatic carboxylic acids is 3. The summed E-state index contributed by atoms with van der Waals surface area (Å²) in [5, 5.41) is 36.8. The van der Waals surface area contributed by atoms with Crippen molar-refractivity contribution in [2.75, 3.05) is 16.0 Å². The number of hydrogen-bond acceptors (Lipinski definition) is 9. The van der Waals surface area contributed by atoms with Crippen LogP contribution in [0, 0.1) is 0 Å². The Morgan fingerprint density at radius 2 is 0.795 bits per heavy atom. The number of carbonyl (C=O) groups is 3.